The van der Waals surface area contributed by atoms with Crippen LogP contribution >= 0.6 is 0 Å². The summed E-state index contributed by atoms with van der Waals surface area (Å²) in [5.41, 5.74) is -0.547. The molecule has 172 valence electrons. The number of carbonyl (C=O) groups is 1. The molecule has 0 aromatic carbocycles. The van der Waals surface area contributed by atoms with Crippen molar-refractivity contribution in [3.8, 4) is 0 Å². The minimum absolute atomic E-state index is 0.0541. The first kappa shape index (κ1) is 22.5. The molecular weight excluding hydrogens is 384 g/mol. The molecule has 6 heteroatoms. The summed E-state index contributed by atoms with van der Waals surface area (Å²) in [4.78, 5) is 11.1. The number of aliphatic carboxylic acids is 1. The fourth-order valence-electron chi connectivity index (χ4n) is 8.72. The van der Waals surface area contributed by atoms with Gasteiger partial charge in [0.25, 0.3) is 0 Å². The van der Waals surface area contributed by atoms with Gasteiger partial charge in [0.1, 0.15) is 0 Å². The summed E-state index contributed by atoms with van der Waals surface area (Å²) in [6.07, 6.45) is 2.67. The van der Waals surface area contributed by atoms with Crippen molar-refractivity contribution < 1.29 is 30.3 Å². The van der Waals surface area contributed by atoms with Crippen LogP contribution in [-0.4, -0.2) is 55.9 Å². The van der Waals surface area contributed by atoms with E-state index in [4.69, 9.17) is 5.11 Å². The van der Waals surface area contributed by atoms with E-state index >= 15 is 0 Å². The Morgan fingerprint density at radius 2 is 1.67 bits per heavy atom. The van der Waals surface area contributed by atoms with Crippen molar-refractivity contribution in [1.29, 1.82) is 0 Å². The lowest BCUT2D eigenvalue weighted by Gasteiger charge is -2.64. The Bertz CT molecular complexity index is 668. The molecule has 0 heterocycles. The first-order valence-corrected chi connectivity index (χ1v) is 12.0. The van der Waals surface area contributed by atoms with Crippen molar-refractivity contribution in [1.82, 2.24) is 0 Å². The van der Waals surface area contributed by atoms with Crippen LogP contribution in [0.4, 0.5) is 0 Å². The summed E-state index contributed by atoms with van der Waals surface area (Å²) < 4.78 is 0. The molecule has 30 heavy (non-hydrogen) atoms. The summed E-state index contributed by atoms with van der Waals surface area (Å²) >= 11 is 0. The second kappa shape index (κ2) is 7.72. The number of hydrogen-bond acceptors (Lipinski definition) is 5. The predicted octanol–water partition coefficient (Wildman–Crippen LogP) is 2.42. The van der Waals surface area contributed by atoms with Gasteiger partial charge in [0.2, 0.25) is 0 Å². The molecule has 0 spiro atoms. The van der Waals surface area contributed by atoms with Crippen LogP contribution in [0.1, 0.15) is 72.1 Å². The van der Waals surface area contributed by atoms with E-state index in [9.17, 15) is 25.2 Å². The molecule has 12 atom stereocenters. The lowest BCUT2D eigenvalue weighted by molar-refractivity contribution is -0.243. The number of rotatable bonds is 4. The Kier molecular flexibility index (Phi) is 5.79. The highest BCUT2D eigenvalue weighted by molar-refractivity contribution is 5.66. The first-order valence-electron chi connectivity index (χ1n) is 12.0. The van der Waals surface area contributed by atoms with Gasteiger partial charge in [-0.3, -0.25) is 4.79 Å². The van der Waals surface area contributed by atoms with E-state index in [1.54, 1.807) is 0 Å². The fourth-order valence-corrected chi connectivity index (χ4v) is 8.72. The molecule has 0 unspecified atom stereocenters. The highest BCUT2D eigenvalue weighted by Gasteiger charge is 2.67. The fraction of sp³-hybridized carbons (Fsp3) is 0.958. The number of aliphatic hydroxyl groups is 4. The standard InChI is InChI=1S/C24H40O6/c1-12(4-7-19(27)28)14-5-6-15-20-16(11-18(26)24(14,15)3)23(2)9-8-13(25)10-17(23)21(29)22(20)30/h12-18,20-22,25-26,29-30H,4-11H2,1-3H3,(H,27,28)/t12-,13+,14-,15+,16+,17+,18+,20+,21+,22+,23-,24-/m1/s1. The van der Waals surface area contributed by atoms with Gasteiger partial charge in [-0.1, -0.05) is 20.8 Å². The molecule has 4 rings (SSSR count). The topological polar surface area (TPSA) is 118 Å². The van der Waals surface area contributed by atoms with Crippen molar-refractivity contribution in [3.05, 3.63) is 0 Å². The molecule has 5 N–H and O–H groups in total. The number of fused-ring (bicyclic) bond motifs is 5. The zero-order valence-corrected chi connectivity index (χ0v) is 18.6. The van der Waals surface area contributed by atoms with Crippen LogP contribution in [0.5, 0.6) is 0 Å². The van der Waals surface area contributed by atoms with Gasteiger partial charge in [0.15, 0.2) is 0 Å². The summed E-state index contributed by atoms with van der Waals surface area (Å²) in [6, 6.07) is 0. The molecule has 4 fully saturated rings. The molecule has 0 radical (unpaired) electrons. The van der Waals surface area contributed by atoms with Crippen molar-refractivity contribution in [2.45, 2.75) is 96.6 Å². The average Bonchev–Trinajstić information content (AvgIpc) is 3.05. The highest BCUT2D eigenvalue weighted by atomic mass is 16.4. The molecule has 0 saturated heterocycles. The number of carboxylic acids is 1. The largest absolute Gasteiger partial charge is 0.481 e. The van der Waals surface area contributed by atoms with Gasteiger partial charge in [-0.25, -0.2) is 0 Å². The van der Waals surface area contributed by atoms with Crippen LogP contribution in [0.25, 0.3) is 0 Å². The zero-order chi connectivity index (χ0) is 22.0. The second-order valence-electron chi connectivity index (χ2n) is 11.5. The zero-order valence-electron chi connectivity index (χ0n) is 18.6. The van der Waals surface area contributed by atoms with Gasteiger partial charge in [-0.2, -0.15) is 0 Å². The normalized spacial score (nSPS) is 54.0. The molecule has 0 bridgehead atoms. The molecule has 4 aliphatic carbocycles. The minimum atomic E-state index is -0.839. The van der Waals surface area contributed by atoms with Crippen molar-refractivity contribution >= 4 is 5.97 Å². The van der Waals surface area contributed by atoms with Gasteiger partial charge < -0.3 is 25.5 Å². The number of aliphatic hydroxyl groups excluding tert-OH is 4. The van der Waals surface area contributed by atoms with Crippen molar-refractivity contribution in [2.24, 2.45) is 46.3 Å². The Balaban J connectivity index is 1.64. The van der Waals surface area contributed by atoms with Gasteiger partial charge >= 0.3 is 5.97 Å². The summed E-state index contributed by atoms with van der Waals surface area (Å²) in [5, 5.41) is 53.1. The third kappa shape index (κ3) is 3.16. The quantitative estimate of drug-likeness (QED) is 0.473. The molecule has 0 aromatic heterocycles. The van der Waals surface area contributed by atoms with E-state index in [0.29, 0.717) is 25.7 Å². The van der Waals surface area contributed by atoms with Crippen LogP contribution in [0.2, 0.25) is 0 Å². The van der Waals surface area contributed by atoms with E-state index in [1.807, 2.05) is 0 Å². The van der Waals surface area contributed by atoms with Gasteiger partial charge in [-0.05, 0) is 91.3 Å². The van der Waals surface area contributed by atoms with E-state index in [2.05, 4.69) is 20.8 Å². The van der Waals surface area contributed by atoms with E-state index in [1.165, 1.54) is 0 Å². The smallest absolute Gasteiger partial charge is 0.303 e. The molecule has 4 saturated carbocycles. The first-order chi connectivity index (χ1) is 14.0. The summed E-state index contributed by atoms with van der Waals surface area (Å²) in [5.74, 6) is -0.299. The Morgan fingerprint density at radius 1 is 0.967 bits per heavy atom. The van der Waals surface area contributed by atoms with E-state index in [0.717, 1.165) is 19.3 Å². The molecule has 0 amide bonds. The molecule has 4 aliphatic rings. The lowest BCUT2D eigenvalue weighted by atomic mass is 9.42. The SMILES string of the molecule is C[C@H](CCC(=O)O)[C@H]1CC[C@H]2[C@@H]3[C@H](O)[C@@H](O)[C@@H]4C[C@@H](O)CC[C@]4(C)[C@H]3C[C@H](O)[C@]12C. The van der Waals surface area contributed by atoms with Crippen LogP contribution < -0.4 is 0 Å². The molecular formula is C24H40O6. The van der Waals surface area contributed by atoms with Gasteiger partial charge in [0.05, 0.1) is 24.4 Å². The summed E-state index contributed by atoms with van der Waals surface area (Å²) in [7, 11) is 0. The average molecular weight is 425 g/mol. The van der Waals surface area contributed by atoms with Crippen LogP contribution in [0, 0.1) is 46.3 Å². The maximum atomic E-state index is 11.5. The molecule has 0 aromatic rings. The van der Waals surface area contributed by atoms with Gasteiger partial charge in [0, 0.05) is 6.42 Å². The Labute approximate surface area is 179 Å². The number of carboxylic acid groups (broad SMARTS) is 1. The molecule has 6 nitrogen and oxygen atoms in total. The second-order valence-corrected chi connectivity index (χ2v) is 11.5. The van der Waals surface area contributed by atoms with Crippen molar-refractivity contribution in [3.63, 3.8) is 0 Å². The highest BCUT2D eigenvalue weighted by Crippen LogP contribution is 2.68. The maximum Gasteiger partial charge on any atom is 0.303 e. The van der Waals surface area contributed by atoms with Crippen LogP contribution in [0.3, 0.4) is 0 Å². The predicted molar refractivity (Wildman–Crippen MR) is 111 cm³/mol. The monoisotopic (exact) mass is 424 g/mol. The third-order valence-corrected chi connectivity index (χ3v) is 10.4. The van der Waals surface area contributed by atoms with E-state index < -0.39 is 30.4 Å². The van der Waals surface area contributed by atoms with Gasteiger partial charge in [-0.15, -0.1) is 0 Å². The van der Waals surface area contributed by atoms with Crippen LogP contribution in [0.15, 0.2) is 0 Å². The minimum Gasteiger partial charge on any atom is -0.481 e. The lowest BCUT2D eigenvalue weighted by Crippen LogP contribution is -2.66. The maximum absolute atomic E-state index is 11.5. The Morgan fingerprint density at radius 3 is 2.33 bits per heavy atom. The van der Waals surface area contributed by atoms with Crippen molar-refractivity contribution in [2.75, 3.05) is 0 Å². The number of hydrogen-bond donors (Lipinski definition) is 5. The molecule has 0 aliphatic heterocycles. The van der Waals surface area contributed by atoms with E-state index in [-0.39, 0.29) is 52.8 Å². The van der Waals surface area contributed by atoms with Crippen LogP contribution in [-0.2, 0) is 4.79 Å². The Hall–Kier alpha value is -0.690. The third-order valence-electron chi connectivity index (χ3n) is 10.4. The summed E-state index contributed by atoms with van der Waals surface area (Å²) in [6.45, 7) is 6.45.